The predicted molar refractivity (Wildman–Crippen MR) is 89.7 cm³/mol. The van der Waals surface area contributed by atoms with Gasteiger partial charge in [-0.2, -0.15) is 0 Å². The van der Waals surface area contributed by atoms with Gasteiger partial charge in [-0.25, -0.2) is 0 Å². The topological polar surface area (TPSA) is 22.0 Å². The molecule has 106 valence electrons. The number of benzene rings is 2. The van der Waals surface area contributed by atoms with Crippen molar-refractivity contribution in [1.82, 2.24) is 4.57 Å². The highest BCUT2D eigenvalue weighted by atomic mass is 16.1. The lowest BCUT2D eigenvalue weighted by Crippen LogP contribution is -2.28. The summed E-state index contributed by atoms with van der Waals surface area (Å²) in [5.41, 5.74) is 5.20. The predicted octanol–water partition coefficient (Wildman–Crippen LogP) is 3.44. The molecule has 1 heterocycles. The first-order chi connectivity index (χ1) is 10.8. The lowest BCUT2D eigenvalue weighted by Gasteiger charge is -2.27. The van der Waals surface area contributed by atoms with Gasteiger partial charge < -0.3 is 0 Å². The molecule has 0 fully saturated rings. The van der Waals surface area contributed by atoms with Gasteiger partial charge in [-0.3, -0.25) is 9.36 Å². The molecule has 22 heavy (non-hydrogen) atoms. The first kappa shape index (κ1) is 12.9. The maximum atomic E-state index is 13.1. The highest BCUT2D eigenvalue weighted by molar-refractivity contribution is 5.98. The second-order valence-electron chi connectivity index (χ2n) is 5.60. The molecule has 0 saturated heterocycles. The molecule has 0 spiro atoms. The molecule has 1 aromatic heterocycles. The summed E-state index contributed by atoms with van der Waals surface area (Å²) in [5.74, 6) is 2.67. The van der Waals surface area contributed by atoms with Crippen molar-refractivity contribution in [3.8, 4) is 18.0 Å². The van der Waals surface area contributed by atoms with Crippen LogP contribution >= 0.6 is 0 Å². The highest BCUT2D eigenvalue weighted by Crippen LogP contribution is 2.37. The number of hydrogen-bond acceptors (Lipinski definition) is 1. The fourth-order valence-electron chi connectivity index (χ4n) is 3.49. The number of rotatable bonds is 2. The molecule has 2 heteroatoms. The molecule has 0 aliphatic heterocycles. The molecule has 0 N–H and O–H groups in total. The van der Waals surface area contributed by atoms with Gasteiger partial charge in [-0.1, -0.05) is 37.1 Å². The van der Waals surface area contributed by atoms with Crippen LogP contribution in [0.5, 0.6) is 0 Å². The van der Waals surface area contributed by atoms with E-state index in [1.165, 1.54) is 11.1 Å². The van der Waals surface area contributed by atoms with Gasteiger partial charge in [0.15, 0.2) is 0 Å². The van der Waals surface area contributed by atoms with Crippen molar-refractivity contribution < 1.29 is 0 Å². The van der Waals surface area contributed by atoms with Gasteiger partial charge in [0, 0.05) is 23.4 Å². The van der Waals surface area contributed by atoms with Gasteiger partial charge in [0.05, 0.1) is 5.39 Å². The summed E-state index contributed by atoms with van der Waals surface area (Å²) < 4.78 is 1.83. The average Bonchev–Trinajstić information content (AvgIpc) is 2.54. The second-order valence-corrected chi connectivity index (χ2v) is 5.60. The SMILES string of the molecule is C#Cc1ccc2c3c(c(CC)n(-c4ccccc4)c(=O)c13)C2. The van der Waals surface area contributed by atoms with E-state index in [0.717, 1.165) is 29.6 Å². The van der Waals surface area contributed by atoms with E-state index in [2.05, 4.69) is 18.9 Å². The van der Waals surface area contributed by atoms with Crippen LogP contribution in [0.3, 0.4) is 0 Å². The number of nitrogens with zero attached hydrogens (tertiary/aromatic N) is 1. The van der Waals surface area contributed by atoms with E-state index in [9.17, 15) is 4.79 Å². The van der Waals surface area contributed by atoms with Crippen LogP contribution in [0.15, 0.2) is 47.3 Å². The Bertz CT molecular complexity index is 1000. The van der Waals surface area contributed by atoms with Crippen molar-refractivity contribution in [2.75, 3.05) is 0 Å². The summed E-state index contributed by atoms with van der Waals surface area (Å²) in [4.78, 5) is 13.1. The lowest BCUT2D eigenvalue weighted by molar-refractivity contribution is 0.851. The smallest absolute Gasteiger partial charge is 0.264 e. The van der Waals surface area contributed by atoms with Gasteiger partial charge in [-0.05, 0) is 41.1 Å². The molecular formula is C20H15NO. The Labute approximate surface area is 129 Å². The van der Waals surface area contributed by atoms with Crippen molar-refractivity contribution in [3.63, 3.8) is 0 Å². The van der Waals surface area contributed by atoms with Gasteiger partial charge >= 0.3 is 0 Å². The summed E-state index contributed by atoms with van der Waals surface area (Å²) in [6.07, 6.45) is 7.37. The molecular weight excluding hydrogens is 270 g/mol. The third-order valence-corrected chi connectivity index (χ3v) is 4.50. The van der Waals surface area contributed by atoms with Gasteiger partial charge in [0.1, 0.15) is 0 Å². The minimum absolute atomic E-state index is 0.00343. The summed E-state index contributed by atoms with van der Waals surface area (Å²) in [6, 6.07) is 13.7. The Morgan fingerprint density at radius 2 is 1.91 bits per heavy atom. The van der Waals surface area contributed by atoms with Crippen LogP contribution < -0.4 is 5.56 Å². The minimum Gasteiger partial charge on any atom is -0.280 e. The van der Waals surface area contributed by atoms with Crippen molar-refractivity contribution in [2.24, 2.45) is 0 Å². The van der Waals surface area contributed by atoms with Crippen molar-refractivity contribution in [3.05, 3.63) is 75.2 Å². The minimum atomic E-state index is -0.00343. The fraction of sp³-hybridized carbons (Fsp3) is 0.150. The molecule has 2 aromatic carbocycles. The normalized spacial score (nSPS) is 12.0. The number of pyridine rings is 1. The molecule has 1 aliphatic carbocycles. The first-order valence-corrected chi connectivity index (χ1v) is 7.50. The Morgan fingerprint density at radius 1 is 1.14 bits per heavy atom. The zero-order valence-electron chi connectivity index (χ0n) is 12.4. The van der Waals surface area contributed by atoms with Crippen LogP contribution in [0.25, 0.3) is 16.5 Å². The molecule has 2 nitrogen and oxygen atoms in total. The average molecular weight is 285 g/mol. The number of hydrogen-bond donors (Lipinski definition) is 0. The van der Waals surface area contributed by atoms with Crippen molar-refractivity contribution in [1.29, 1.82) is 0 Å². The zero-order valence-corrected chi connectivity index (χ0v) is 12.4. The second kappa shape index (κ2) is 4.61. The van der Waals surface area contributed by atoms with Crippen LogP contribution in [0.4, 0.5) is 0 Å². The lowest BCUT2D eigenvalue weighted by atomic mass is 9.82. The van der Waals surface area contributed by atoms with E-state index < -0.39 is 0 Å². The standard InChI is InChI=1S/C20H15NO/c1-3-13-10-11-14-12-16-17(4-2)21(15-8-6-5-7-9-15)20(22)19(13)18(14)16/h1,5-11H,4,12H2,2H3. The van der Waals surface area contributed by atoms with E-state index in [4.69, 9.17) is 6.42 Å². The van der Waals surface area contributed by atoms with Crippen molar-refractivity contribution >= 4 is 10.8 Å². The summed E-state index contributed by atoms with van der Waals surface area (Å²) in [5, 5.41) is 1.78. The summed E-state index contributed by atoms with van der Waals surface area (Å²) in [6.45, 7) is 2.10. The monoisotopic (exact) mass is 285 g/mol. The molecule has 0 unspecified atom stereocenters. The Morgan fingerprint density at radius 3 is 2.59 bits per heavy atom. The molecule has 0 saturated carbocycles. The molecule has 0 radical (unpaired) electrons. The Kier molecular flexibility index (Phi) is 2.71. The number of para-hydroxylation sites is 1. The van der Waals surface area contributed by atoms with E-state index in [1.807, 2.05) is 41.0 Å². The Balaban J connectivity index is 2.22. The van der Waals surface area contributed by atoms with Crippen LogP contribution in [0, 0.1) is 12.3 Å². The third-order valence-electron chi connectivity index (χ3n) is 4.50. The largest absolute Gasteiger partial charge is 0.280 e. The summed E-state index contributed by atoms with van der Waals surface area (Å²) >= 11 is 0. The van der Waals surface area contributed by atoms with E-state index >= 15 is 0 Å². The maximum Gasteiger partial charge on any atom is 0.264 e. The molecule has 0 amide bonds. The van der Waals surface area contributed by atoms with Gasteiger partial charge in [0.2, 0.25) is 0 Å². The molecule has 0 atom stereocenters. The van der Waals surface area contributed by atoms with Gasteiger partial charge in [0.25, 0.3) is 5.56 Å². The van der Waals surface area contributed by atoms with E-state index in [1.54, 1.807) is 0 Å². The summed E-state index contributed by atoms with van der Waals surface area (Å²) in [7, 11) is 0. The molecule has 3 aromatic rings. The van der Waals surface area contributed by atoms with Crippen LogP contribution in [-0.4, -0.2) is 4.57 Å². The molecule has 4 rings (SSSR count). The van der Waals surface area contributed by atoms with E-state index in [0.29, 0.717) is 10.9 Å². The number of terminal acetylenes is 1. The van der Waals surface area contributed by atoms with Gasteiger partial charge in [-0.15, -0.1) is 6.42 Å². The maximum absolute atomic E-state index is 13.1. The first-order valence-electron chi connectivity index (χ1n) is 7.50. The highest BCUT2D eigenvalue weighted by Gasteiger charge is 2.26. The van der Waals surface area contributed by atoms with Crippen LogP contribution in [-0.2, 0) is 12.8 Å². The Hall–Kier alpha value is -2.79. The van der Waals surface area contributed by atoms with Crippen LogP contribution in [0.2, 0.25) is 0 Å². The molecule has 0 bridgehead atoms. The van der Waals surface area contributed by atoms with E-state index in [-0.39, 0.29) is 5.56 Å². The third kappa shape index (κ3) is 1.54. The quantitative estimate of drug-likeness (QED) is 0.517. The molecule has 1 aliphatic rings. The van der Waals surface area contributed by atoms with Crippen LogP contribution in [0.1, 0.15) is 29.3 Å². The zero-order chi connectivity index (χ0) is 15.3. The number of aromatic nitrogens is 1. The van der Waals surface area contributed by atoms with Crippen molar-refractivity contribution in [2.45, 2.75) is 19.8 Å². The fourth-order valence-corrected chi connectivity index (χ4v) is 3.49.